The predicted molar refractivity (Wildman–Crippen MR) is 123 cm³/mol. The van der Waals surface area contributed by atoms with Crippen molar-refractivity contribution in [2.75, 3.05) is 5.32 Å². The first-order valence-corrected chi connectivity index (χ1v) is 9.98. The van der Waals surface area contributed by atoms with Crippen LogP contribution < -0.4 is 10.1 Å². The lowest BCUT2D eigenvalue weighted by Crippen LogP contribution is -2.13. The van der Waals surface area contributed by atoms with Crippen molar-refractivity contribution in [2.45, 2.75) is 13.5 Å². The second-order valence-electron chi connectivity index (χ2n) is 6.97. The minimum absolute atomic E-state index is 0.0604. The van der Waals surface area contributed by atoms with E-state index in [1.807, 2.05) is 31.2 Å². The van der Waals surface area contributed by atoms with Crippen molar-refractivity contribution in [3.05, 3.63) is 99.6 Å². The molecule has 0 aliphatic rings. The van der Waals surface area contributed by atoms with Crippen LogP contribution in [0.2, 0.25) is 5.02 Å². The van der Waals surface area contributed by atoms with E-state index in [-0.39, 0.29) is 17.7 Å². The maximum atomic E-state index is 12.4. The van der Waals surface area contributed by atoms with Gasteiger partial charge in [-0.1, -0.05) is 41.9 Å². The first-order valence-electron chi connectivity index (χ1n) is 9.60. The first kappa shape index (κ1) is 22.6. The number of ether oxygens (including phenoxy) is 1. The van der Waals surface area contributed by atoms with Gasteiger partial charge in [0.2, 0.25) is 0 Å². The third-order valence-corrected chi connectivity index (χ3v) is 4.80. The lowest BCUT2D eigenvalue weighted by Gasteiger charge is -2.09. The summed E-state index contributed by atoms with van der Waals surface area (Å²) in [5, 5.41) is 21.4. The summed E-state index contributed by atoms with van der Waals surface area (Å²) in [5.41, 5.74) is 3.09. The Balaban J connectivity index is 1.68. The number of nitriles is 1. The van der Waals surface area contributed by atoms with Crippen LogP contribution in [0.3, 0.4) is 0 Å². The lowest BCUT2D eigenvalue weighted by molar-refractivity contribution is -0.112. The molecular formula is C25H19ClN2O4. The van der Waals surface area contributed by atoms with E-state index in [4.69, 9.17) is 21.4 Å². The number of carboxylic acid groups (broad SMARTS) is 1. The average Bonchev–Trinajstić information content (AvgIpc) is 2.77. The predicted octanol–water partition coefficient (Wildman–Crippen LogP) is 5.47. The summed E-state index contributed by atoms with van der Waals surface area (Å²) < 4.78 is 5.70. The SMILES string of the molecule is Cc1cccc(NC(=O)/C(C#N)=C/c2ccc(OCc3ccc(C(=O)O)cc3)c(Cl)c2)c1. The summed E-state index contributed by atoms with van der Waals surface area (Å²) in [6, 6.07) is 20.5. The fraction of sp³-hybridized carbons (Fsp3) is 0.0800. The minimum atomic E-state index is -0.992. The molecular weight excluding hydrogens is 428 g/mol. The molecule has 0 heterocycles. The fourth-order valence-electron chi connectivity index (χ4n) is 2.87. The van der Waals surface area contributed by atoms with E-state index in [9.17, 15) is 14.9 Å². The van der Waals surface area contributed by atoms with Crippen molar-refractivity contribution < 1.29 is 19.4 Å². The number of halogens is 1. The molecule has 2 N–H and O–H groups in total. The summed E-state index contributed by atoms with van der Waals surface area (Å²) in [7, 11) is 0. The van der Waals surface area contributed by atoms with Crippen LogP contribution in [0.5, 0.6) is 5.75 Å². The molecule has 32 heavy (non-hydrogen) atoms. The number of rotatable bonds is 7. The van der Waals surface area contributed by atoms with E-state index >= 15 is 0 Å². The molecule has 0 aromatic heterocycles. The molecule has 0 atom stereocenters. The van der Waals surface area contributed by atoms with Gasteiger partial charge in [0.05, 0.1) is 10.6 Å². The minimum Gasteiger partial charge on any atom is -0.487 e. The van der Waals surface area contributed by atoms with E-state index in [2.05, 4.69) is 5.32 Å². The van der Waals surface area contributed by atoms with Crippen LogP contribution in [-0.4, -0.2) is 17.0 Å². The summed E-state index contributed by atoms with van der Waals surface area (Å²) in [4.78, 5) is 23.4. The number of anilines is 1. The number of amides is 1. The van der Waals surface area contributed by atoms with Crippen LogP contribution in [-0.2, 0) is 11.4 Å². The van der Waals surface area contributed by atoms with Crippen LogP contribution in [0.15, 0.2) is 72.3 Å². The number of benzene rings is 3. The molecule has 3 aromatic carbocycles. The third kappa shape index (κ3) is 5.97. The van der Waals surface area contributed by atoms with E-state index in [0.29, 0.717) is 22.0 Å². The summed E-state index contributed by atoms with van der Waals surface area (Å²) in [5.74, 6) is -1.08. The molecule has 3 rings (SSSR count). The van der Waals surface area contributed by atoms with E-state index in [1.54, 1.807) is 36.4 Å². The molecule has 0 saturated heterocycles. The zero-order valence-electron chi connectivity index (χ0n) is 17.1. The summed E-state index contributed by atoms with van der Waals surface area (Å²) in [6.45, 7) is 2.12. The van der Waals surface area contributed by atoms with Gasteiger partial charge in [-0.15, -0.1) is 0 Å². The van der Waals surface area contributed by atoms with E-state index in [0.717, 1.165) is 11.1 Å². The Morgan fingerprint density at radius 2 is 1.88 bits per heavy atom. The molecule has 0 saturated carbocycles. The van der Waals surface area contributed by atoms with Crippen molar-refractivity contribution in [2.24, 2.45) is 0 Å². The second-order valence-corrected chi connectivity index (χ2v) is 7.38. The number of aromatic carboxylic acids is 1. The van der Waals surface area contributed by atoms with Gasteiger partial charge >= 0.3 is 5.97 Å². The number of hydrogen-bond donors (Lipinski definition) is 2. The standard InChI is InChI=1S/C25H19ClN2O4/c1-16-3-2-4-21(11-16)28-24(29)20(14-27)12-18-7-10-23(22(26)13-18)32-15-17-5-8-19(9-6-17)25(30)31/h2-13H,15H2,1H3,(H,28,29)(H,30,31)/b20-12+. The molecule has 0 fully saturated rings. The molecule has 7 heteroatoms. The van der Waals surface area contributed by atoms with Crippen molar-refractivity contribution in [1.29, 1.82) is 5.26 Å². The van der Waals surface area contributed by atoms with Crippen LogP contribution in [0.25, 0.3) is 6.08 Å². The van der Waals surface area contributed by atoms with Gasteiger partial charge in [0.15, 0.2) is 0 Å². The number of carboxylic acids is 1. The van der Waals surface area contributed by atoms with Crippen LogP contribution >= 0.6 is 11.6 Å². The quantitative estimate of drug-likeness (QED) is 0.370. The maximum Gasteiger partial charge on any atom is 0.335 e. The van der Waals surface area contributed by atoms with Gasteiger partial charge in [0, 0.05) is 5.69 Å². The Morgan fingerprint density at radius 1 is 1.12 bits per heavy atom. The number of nitrogens with zero attached hydrogens (tertiary/aromatic N) is 1. The molecule has 0 radical (unpaired) electrons. The van der Waals surface area contributed by atoms with Gasteiger partial charge in [0.25, 0.3) is 5.91 Å². The van der Waals surface area contributed by atoms with E-state index < -0.39 is 11.9 Å². The number of carbonyl (C=O) groups excluding carboxylic acids is 1. The Hall–Kier alpha value is -4.08. The highest BCUT2D eigenvalue weighted by Gasteiger charge is 2.11. The van der Waals surface area contributed by atoms with Crippen molar-refractivity contribution in [3.8, 4) is 11.8 Å². The van der Waals surface area contributed by atoms with Crippen LogP contribution in [0.4, 0.5) is 5.69 Å². The van der Waals surface area contributed by atoms with Gasteiger partial charge in [-0.25, -0.2) is 4.79 Å². The number of aryl methyl sites for hydroxylation is 1. The molecule has 0 aliphatic carbocycles. The summed E-state index contributed by atoms with van der Waals surface area (Å²) >= 11 is 6.30. The molecule has 0 unspecified atom stereocenters. The largest absolute Gasteiger partial charge is 0.487 e. The van der Waals surface area contributed by atoms with Gasteiger partial charge in [-0.05, 0) is 66.1 Å². The smallest absolute Gasteiger partial charge is 0.335 e. The third-order valence-electron chi connectivity index (χ3n) is 4.50. The molecule has 3 aromatic rings. The number of hydrogen-bond acceptors (Lipinski definition) is 4. The monoisotopic (exact) mass is 446 g/mol. The molecule has 0 bridgehead atoms. The highest BCUT2D eigenvalue weighted by Crippen LogP contribution is 2.27. The van der Waals surface area contributed by atoms with E-state index in [1.165, 1.54) is 18.2 Å². The molecule has 6 nitrogen and oxygen atoms in total. The van der Waals surface area contributed by atoms with Gasteiger partial charge in [-0.2, -0.15) is 5.26 Å². The van der Waals surface area contributed by atoms with Gasteiger partial charge in [0.1, 0.15) is 24.0 Å². The van der Waals surface area contributed by atoms with Crippen LogP contribution in [0.1, 0.15) is 27.0 Å². The topological polar surface area (TPSA) is 99.4 Å². The zero-order valence-corrected chi connectivity index (χ0v) is 17.9. The van der Waals surface area contributed by atoms with Gasteiger partial charge < -0.3 is 15.2 Å². The number of carbonyl (C=O) groups is 2. The Morgan fingerprint density at radius 3 is 2.50 bits per heavy atom. The van der Waals surface area contributed by atoms with Gasteiger partial charge in [-0.3, -0.25) is 4.79 Å². The first-order chi connectivity index (χ1) is 15.4. The molecule has 1 amide bonds. The number of nitrogens with one attached hydrogen (secondary N) is 1. The lowest BCUT2D eigenvalue weighted by atomic mass is 10.1. The molecule has 0 aliphatic heterocycles. The zero-order chi connectivity index (χ0) is 23.1. The normalized spacial score (nSPS) is 10.8. The highest BCUT2D eigenvalue weighted by atomic mass is 35.5. The van der Waals surface area contributed by atoms with Crippen LogP contribution in [0, 0.1) is 18.3 Å². The summed E-state index contributed by atoms with van der Waals surface area (Å²) in [6.07, 6.45) is 1.45. The van der Waals surface area contributed by atoms with Crippen molar-refractivity contribution >= 4 is 35.2 Å². The second kappa shape index (κ2) is 10.3. The maximum absolute atomic E-state index is 12.4. The fourth-order valence-corrected chi connectivity index (χ4v) is 3.11. The Bertz CT molecular complexity index is 1230. The van der Waals surface area contributed by atoms with Crippen molar-refractivity contribution in [3.63, 3.8) is 0 Å². The molecule has 0 spiro atoms. The highest BCUT2D eigenvalue weighted by molar-refractivity contribution is 6.32. The Kier molecular flexibility index (Phi) is 7.27. The molecule has 160 valence electrons. The van der Waals surface area contributed by atoms with Crippen molar-refractivity contribution in [1.82, 2.24) is 0 Å². The Labute approximate surface area is 190 Å². The average molecular weight is 447 g/mol.